The van der Waals surface area contributed by atoms with E-state index in [-0.39, 0.29) is 37.6 Å². The van der Waals surface area contributed by atoms with E-state index in [0.717, 1.165) is 16.4 Å². The molecule has 3 aromatic rings. The number of carbonyl (C=O) groups is 1. The normalized spacial score (nSPS) is 15.3. The fourth-order valence-electron chi connectivity index (χ4n) is 3.24. The number of hydrogen-bond acceptors (Lipinski definition) is 5. The first-order valence-corrected chi connectivity index (χ1v) is 11.0. The lowest BCUT2D eigenvalue weighted by atomic mass is 10.1. The first-order chi connectivity index (χ1) is 14.4. The van der Waals surface area contributed by atoms with Crippen LogP contribution in [0.5, 0.6) is 5.75 Å². The van der Waals surface area contributed by atoms with Gasteiger partial charge in [0.2, 0.25) is 10.0 Å². The van der Waals surface area contributed by atoms with Gasteiger partial charge in [0.05, 0.1) is 18.8 Å². The highest BCUT2D eigenvalue weighted by Crippen LogP contribution is 2.32. The molecule has 9 heteroatoms. The zero-order valence-electron chi connectivity index (χ0n) is 15.7. The molecule has 0 atom stereocenters. The molecule has 4 rings (SSSR count). The Morgan fingerprint density at radius 1 is 1.03 bits per heavy atom. The summed E-state index contributed by atoms with van der Waals surface area (Å²) in [6, 6.07) is 13.4. The number of morpholine rings is 1. The van der Waals surface area contributed by atoms with Gasteiger partial charge in [-0.3, -0.25) is 0 Å². The number of fused-ring (bicyclic) bond motifs is 1. The SMILES string of the molecule is O=C(Oc1ccc(Cl)c2ccccc12)c1ccc(F)c(S(=O)(=O)N2CCOCC2)c1. The molecule has 3 aromatic carbocycles. The maximum atomic E-state index is 14.4. The molecule has 6 nitrogen and oxygen atoms in total. The molecule has 0 aromatic heterocycles. The van der Waals surface area contributed by atoms with E-state index >= 15 is 0 Å². The summed E-state index contributed by atoms with van der Waals surface area (Å²) in [6.07, 6.45) is 0. The van der Waals surface area contributed by atoms with Gasteiger partial charge in [0.1, 0.15) is 16.5 Å². The van der Waals surface area contributed by atoms with Gasteiger partial charge in [0, 0.05) is 28.9 Å². The Morgan fingerprint density at radius 2 is 1.73 bits per heavy atom. The van der Waals surface area contributed by atoms with Crippen molar-refractivity contribution in [3.05, 3.63) is 71.0 Å². The molecule has 0 amide bonds. The van der Waals surface area contributed by atoms with Crippen molar-refractivity contribution in [2.75, 3.05) is 26.3 Å². The monoisotopic (exact) mass is 449 g/mol. The molecule has 0 spiro atoms. The second kappa shape index (κ2) is 8.31. The van der Waals surface area contributed by atoms with Gasteiger partial charge in [-0.2, -0.15) is 4.31 Å². The second-order valence-electron chi connectivity index (χ2n) is 6.64. The van der Waals surface area contributed by atoms with E-state index in [1.54, 1.807) is 30.3 Å². The second-order valence-corrected chi connectivity index (χ2v) is 8.96. The Bertz CT molecular complexity index is 1230. The molecule has 0 unspecified atom stereocenters. The van der Waals surface area contributed by atoms with Crippen molar-refractivity contribution in [1.82, 2.24) is 4.31 Å². The number of benzene rings is 3. The van der Waals surface area contributed by atoms with E-state index in [4.69, 9.17) is 21.1 Å². The van der Waals surface area contributed by atoms with E-state index in [9.17, 15) is 17.6 Å². The molecule has 0 saturated carbocycles. The summed E-state index contributed by atoms with van der Waals surface area (Å²) in [4.78, 5) is 12.1. The van der Waals surface area contributed by atoms with Crippen molar-refractivity contribution in [2.45, 2.75) is 4.90 Å². The zero-order valence-corrected chi connectivity index (χ0v) is 17.2. The third kappa shape index (κ3) is 3.91. The highest BCUT2D eigenvalue weighted by molar-refractivity contribution is 7.89. The molecular formula is C21H17ClFNO5S. The van der Waals surface area contributed by atoms with Gasteiger partial charge in [0.25, 0.3) is 0 Å². The summed E-state index contributed by atoms with van der Waals surface area (Å²) in [6.45, 7) is 0.693. The molecule has 1 saturated heterocycles. The summed E-state index contributed by atoms with van der Waals surface area (Å²) >= 11 is 6.18. The van der Waals surface area contributed by atoms with Crippen LogP contribution >= 0.6 is 11.6 Å². The Kier molecular flexibility index (Phi) is 5.75. The highest BCUT2D eigenvalue weighted by Gasteiger charge is 2.30. The predicted molar refractivity (Wildman–Crippen MR) is 110 cm³/mol. The maximum Gasteiger partial charge on any atom is 0.343 e. The fraction of sp³-hybridized carbons (Fsp3) is 0.190. The van der Waals surface area contributed by atoms with Gasteiger partial charge in [-0.25, -0.2) is 17.6 Å². The van der Waals surface area contributed by atoms with Crippen LogP contribution in [-0.4, -0.2) is 45.0 Å². The van der Waals surface area contributed by atoms with E-state index < -0.39 is 26.7 Å². The van der Waals surface area contributed by atoms with Crippen LogP contribution in [0.1, 0.15) is 10.4 Å². The summed E-state index contributed by atoms with van der Waals surface area (Å²) in [5, 5.41) is 1.84. The molecule has 0 radical (unpaired) electrons. The topological polar surface area (TPSA) is 72.9 Å². The van der Waals surface area contributed by atoms with Gasteiger partial charge in [-0.1, -0.05) is 35.9 Å². The van der Waals surface area contributed by atoms with Crippen LogP contribution in [0.2, 0.25) is 5.02 Å². The summed E-state index contributed by atoms with van der Waals surface area (Å²) in [7, 11) is -4.11. The average Bonchev–Trinajstić information content (AvgIpc) is 2.76. The van der Waals surface area contributed by atoms with Gasteiger partial charge in [0.15, 0.2) is 0 Å². The van der Waals surface area contributed by atoms with Crippen LogP contribution in [0.15, 0.2) is 59.5 Å². The van der Waals surface area contributed by atoms with Crippen LogP contribution in [0.4, 0.5) is 4.39 Å². The van der Waals surface area contributed by atoms with Crippen molar-refractivity contribution < 1.29 is 27.1 Å². The lowest BCUT2D eigenvalue weighted by Gasteiger charge is -2.26. The van der Waals surface area contributed by atoms with Crippen LogP contribution in [0, 0.1) is 5.82 Å². The number of ether oxygens (including phenoxy) is 2. The predicted octanol–water partition coefficient (Wildman–Crippen LogP) is 3.87. The minimum atomic E-state index is -4.11. The van der Waals surface area contributed by atoms with Crippen molar-refractivity contribution in [2.24, 2.45) is 0 Å². The lowest BCUT2D eigenvalue weighted by molar-refractivity contribution is 0.0726. The van der Waals surface area contributed by atoms with Crippen LogP contribution < -0.4 is 4.74 Å². The highest BCUT2D eigenvalue weighted by atomic mass is 35.5. The fourth-order valence-corrected chi connectivity index (χ4v) is 4.96. The van der Waals surface area contributed by atoms with Gasteiger partial charge < -0.3 is 9.47 Å². The largest absolute Gasteiger partial charge is 0.422 e. The third-order valence-electron chi connectivity index (χ3n) is 4.79. The lowest BCUT2D eigenvalue weighted by Crippen LogP contribution is -2.41. The first-order valence-electron chi connectivity index (χ1n) is 9.15. The van der Waals surface area contributed by atoms with Crippen molar-refractivity contribution in [3.63, 3.8) is 0 Å². The third-order valence-corrected chi connectivity index (χ3v) is 7.03. The standard InChI is InChI=1S/C21H17ClFNO5S/c22-17-6-8-19(16-4-2-1-3-15(16)17)29-21(25)14-5-7-18(23)20(13-14)30(26,27)24-9-11-28-12-10-24/h1-8,13H,9-12H2. The number of esters is 1. The summed E-state index contributed by atoms with van der Waals surface area (Å²) in [5.74, 6) is -1.47. The number of hydrogen-bond donors (Lipinski definition) is 0. The molecule has 1 fully saturated rings. The van der Waals surface area contributed by atoms with Crippen LogP contribution in [0.25, 0.3) is 10.8 Å². The molecule has 156 valence electrons. The zero-order chi connectivity index (χ0) is 21.3. The van der Waals surface area contributed by atoms with E-state index in [2.05, 4.69) is 0 Å². The number of halogens is 2. The Balaban J connectivity index is 1.66. The number of carbonyl (C=O) groups excluding carboxylic acids is 1. The van der Waals surface area contributed by atoms with Crippen LogP contribution in [-0.2, 0) is 14.8 Å². The molecule has 1 aliphatic heterocycles. The summed E-state index contributed by atoms with van der Waals surface area (Å²) < 4.78 is 51.8. The first kappa shape index (κ1) is 20.7. The van der Waals surface area contributed by atoms with Crippen molar-refractivity contribution in [1.29, 1.82) is 0 Å². The van der Waals surface area contributed by atoms with Crippen LogP contribution in [0.3, 0.4) is 0 Å². The summed E-state index contributed by atoms with van der Waals surface area (Å²) in [5.41, 5.74) is -0.0812. The maximum absolute atomic E-state index is 14.4. The average molecular weight is 450 g/mol. The van der Waals surface area contributed by atoms with Crippen molar-refractivity contribution >= 4 is 38.4 Å². The van der Waals surface area contributed by atoms with Gasteiger partial charge in [-0.05, 0) is 30.3 Å². The van der Waals surface area contributed by atoms with E-state index in [1.165, 1.54) is 6.07 Å². The molecule has 1 aliphatic rings. The molecule has 0 bridgehead atoms. The van der Waals surface area contributed by atoms with Gasteiger partial charge in [-0.15, -0.1) is 0 Å². The quantitative estimate of drug-likeness (QED) is 0.446. The molecule has 0 aliphatic carbocycles. The van der Waals surface area contributed by atoms with Crippen molar-refractivity contribution in [3.8, 4) is 5.75 Å². The minimum absolute atomic E-state index is 0.0812. The molecule has 0 N–H and O–H groups in total. The Labute approximate surface area is 177 Å². The Hall–Kier alpha value is -2.52. The number of nitrogens with zero attached hydrogens (tertiary/aromatic N) is 1. The number of sulfonamides is 1. The smallest absolute Gasteiger partial charge is 0.343 e. The van der Waals surface area contributed by atoms with E-state index in [0.29, 0.717) is 15.8 Å². The molecule has 1 heterocycles. The molecular weight excluding hydrogens is 433 g/mol. The number of rotatable bonds is 4. The van der Waals surface area contributed by atoms with E-state index in [1.807, 2.05) is 6.07 Å². The molecule has 30 heavy (non-hydrogen) atoms. The minimum Gasteiger partial charge on any atom is -0.422 e. The Morgan fingerprint density at radius 3 is 2.47 bits per heavy atom. The van der Waals surface area contributed by atoms with Gasteiger partial charge >= 0.3 is 5.97 Å².